The Morgan fingerprint density at radius 1 is 1.60 bits per heavy atom. The molecule has 0 saturated carbocycles. The lowest BCUT2D eigenvalue weighted by Crippen LogP contribution is -2.37. The largest absolute Gasteiger partial charge is 0.388 e. The van der Waals surface area contributed by atoms with Gasteiger partial charge < -0.3 is 9.90 Å². The van der Waals surface area contributed by atoms with Crippen molar-refractivity contribution in [3.05, 3.63) is 12.2 Å². The van der Waals surface area contributed by atoms with Gasteiger partial charge in [0.15, 0.2) is 0 Å². The fraction of sp³-hybridized carbons (Fsp3) is 0.769. The first-order valence-corrected chi connectivity index (χ1v) is 5.92. The van der Waals surface area contributed by atoms with E-state index in [4.69, 9.17) is 0 Å². The lowest BCUT2D eigenvalue weighted by Gasteiger charge is -2.34. The van der Waals surface area contributed by atoms with Gasteiger partial charge in [-0.1, -0.05) is 38.8 Å². The molecule has 1 aliphatic carbocycles. The van der Waals surface area contributed by atoms with Crippen molar-refractivity contribution in [3.8, 4) is 0 Å². The van der Waals surface area contributed by atoms with Gasteiger partial charge in [-0.3, -0.25) is 0 Å². The van der Waals surface area contributed by atoms with Gasteiger partial charge in [-0.2, -0.15) is 0 Å². The number of hydrogen-bond acceptors (Lipinski definition) is 2. The summed E-state index contributed by atoms with van der Waals surface area (Å²) in [6.45, 7) is 4.37. The Morgan fingerprint density at radius 2 is 2.33 bits per heavy atom. The molecule has 1 N–H and O–H groups in total. The number of aldehydes is 1. The fourth-order valence-corrected chi connectivity index (χ4v) is 2.22. The summed E-state index contributed by atoms with van der Waals surface area (Å²) >= 11 is 0. The average Bonchev–Trinajstić information content (AvgIpc) is 2.21. The van der Waals surface area contributed by atoms with Gasteiger partial charge in [0.25, 0.3) is 0 Å². The van der Waals surface area contributed by atoms with E-state index in [2.05, 4.69) is 13.8 Å². The molecule has 0 amide bonds. The quantitative estimate of drug-likeness (QED) is 0.559. The molecule has 0 aliphatic heterocycles. The van der Waals surface area contributed by atoms with Crippen LogP contribution in [0.1, 0.15) is 46.0 Å². The van der Waals surface area contributed by atoms with E-state index in [0.717, 1.165) is 38.4 Å². The Bertz CT molecular complexity index is 233. The summed E-state index contributed by atoms with van der Waals surface area (Å²) in [7, 11) is 0. The maximum Gasteiger partial charge on any atom is 0.129 e. The van der Waals surface area contributed by atoms with Crippen LogP contribution in [-0.4, -0.2) is 17.5 Å². The van der Waals surface area contributed by atoms with Crippen molar-refractivity contribution in [2.24, 2.45) is 11.3 Å². The topological polar surface area (TPSA) is 37.3 Å². The second-order valence-electron chi connectivity index (χ2n) is 5.05. The monoisotopic (exact) mass is 210 g/mol. The van der Waals surface area contributed by atoms with E-state index >= 15 is 0 Å². The summed E-state index contributed by atoms with van der Waals surface area (Å²) in [5, 5.41) is 9.87. The Labute approximate surface area is 92.4 Å². The molecule has 0 aromatic carbocycles. The van der Waals surface area contributed by atoms with Crippen LogP contribution >= 0.6 is 0 Å². The molecule has 0 aromatic heterocycles. The molecule has 0 fully saturated rings. The third-order valence-electron chi connectivity index (χ3n) is 3.34. The van der Waals surface area contributed by atoms with E-state index in [9.17, 15) is 9.90 Å². The van der Waals surface area contributed by atoms with Crippen LogP contribution in [0.25, 0.3) is 0 Å². The molecule has 2 heteroatoms. The molecule has 0 saturated heterocycles. The second kappa shape index (κ2) is 5.45. The molecular weight excluding hydrogens is 188 g/mol. The van der Waals surface area contributed by atoms with Crippen LogP contribution in [0, 0.1) is 11.3 Å². The van der Waals surface area contributed by atoms with E-state index < -0.39 is 11.5 Å². The molecule has 0 radical (unpaired) electrons. The summed E-state index contributed by atoms with van der Waals surface area (Å²) in [6, 6.07) is 0. The number of carbonyl (C=O) groups is 1. The van der Waals surface area contributed by atoms with Crippen LogP contribution in [0.15, 0.2) is 12.2 Å². The first kappa shape index (κ1) is 12.4. The van der Waals surface area contributed by atoms with Gasteiger partial charge in [0, 0.05) is 0 Å². The van der Waals surface area contributed by atoms with Crippen LogP contribution in [0.3, 0.4) is 0 Å². The number of rotatable bonds is 5. The smallest absolute Gasteiger partial charge is 0.129 e. The van der Waals surface area contributed by atoms with Gasteiger partial charge in [0.1, 0.15) is 6.29 Å². The first-order chi connectivity index (χ1) is 7.10. The van der Waals surface area contributed by atoms with Crippen LogP contribution in [0.2, 0.25) is 0 Å². The summed E-state index contributed by atoms with van der Waals surface area (Å²) < 4.78 is 0. The van der Waals surface area contributed by atoms with Gasteiger partial charge in [-0.05, 0) is 25.2 Å². The number of aliphatic hydroxyl groups excluding tert-OH is 1. The third-order valence-corrected chi connectivity index (χ3v) is 3.34. The second-order valence-corrected chi connectivity index (χ2v) is 5.05. The zero-order chi connectivity index (χ0) is 11.3. The maximum absolute atomic E-state index is 11.2. The molecule has 86 valence electrons. The van der Waals surface area contributed by atoms with Crippen molar-refractivity contribution in [3.63, 3.8) is 0 Å². The average molecular weight is 210 g/mol. The minimum atomic E-state index is -0.573. The predicted octanol–water partition coefficient (Wildman–Crippen LogP) is 2.71. The van der Waals surface area contributed by atoms with E-state index in [1.807, 2.05) is 6.08 Å². The van der Waals surface area contributed by atoms with Crippen LogP contribution in [-0.2, 0) is 4.79 Å². The van der Waals surface area contributed by atoms with E-state index in [1.54, 1.807) is 6.08 Å². The van der Waals surface area contributed by atoms with Crippen molar-refractivity contribution in [1.82, 2.24) is 0 Å². The highest BCUT2D eigenvalue weighted by Crippen LogP contribution is 2.36. The molecule has 0 aromatic rings. The Morgan fingerprint density at radius 3 is 2.87 bits per heavy atom. The molecule has 2 unspecified atom stereocenters. The van der Waals surface area contributed by atoms with Crippen LogP contribution in [0.5, 0.6) is 0 Å². The minimum Gasteiger partial charge on any atom is -0.388 e. The third kappa shape index (κ3) is 3.16. The molecule has 0 heterocycles. The maximum atomic E-state index is 11.2. The minimum absolute atomic E-state index is 0.496. The normalized spacial score (nSPS) is 30.8. The number of aliphatic hydroxyl groups is 1. The summed E-state index contributed by atoms with van der Waals surface area (Å²) in [5.74, 6) is 0.671. The van der Waals surface area contributed by atoms with Gasteiger partial charge in [0.2, 0.25) is 0 Å². The molecule has 0 bridgehead atoms. The van der Waals surface area contributed by atoms with Crippen molar-refractivity contribution in [1.29, 1.82) is 0 Å². The number of hydrogen-bond donors (Lipinski definition) is 1. The molecule has 1 rings (SSSR count). The Kier molecular flexibility index (Phi) is 4.52. The van der Waals surface area contributed by atoms with Crippen LogP contribution in [0.4, 0.5) is 0 Å². The van der Waals surface area contributed by atoms with Crippen molar-refractivity contribution >= 4 is 6.29 Å². The SMILES string of the molecule is CC(C)CCCC1(C=O)CCC=CC1O. The lowest BCUT2D eigenvalue weighted by molar-refractivity contribution is -0.122. The van der Waals surface area contributed by atoms with E-state index in [1.165, 1.54) is 0 Å². The molecule has 15 heavy (non-hydrogen) atoms. The molecule has 1 aliphatic rings. The summed E-state index contributed by atoms with van der Waals surface area (Å²) in [6.07, 6.45) is 8.83. The van der Waals surface area contributed by atoms with Crippen molar-refractivity contribution < 1.29 is 9.90 Å². The molecule has 2 atom stereocenters. The number of carbonyl (C=O) groups excluding carboxylic acids is 1. The zero-order valence-electron chi connectivity index (χ0n) is 9.78. The van der Waals surface area contributed by atoms with E-state index in [0.29, 0.717) is 5.92 Å². The summed E-state index contributed by atoms with van der Waals surface area (Å²) in [5.41, 5.74) is -0.496. The highest BCUT2D eigenvalue weighted by Gasteiger charge is 2.36. The van der Waals surface area contributed by atoms with Crippen molar-refractivity contribution in [2.45, 2.75) is 52.1 Å². The fourth-order valence-electron chi connectivity index (χ4n) is 2.22. The highest BCUT2D eigenvalue weighted by molar-refractivity contribution is 5.61. The number of allylic oxidation sites excluding steroid dienone is 1. The standard InChI is InChI=1S/C13H22O2/c1-11(2)6-5-9-13(10-14)8-4-3-7-12(13)15/h3,7,10-12,15H,4-6,8-9H2,1-2H3. The van der Waals surface area contributed by atoms with Gasteiger partial charge in [-0.15, -0.1) is 0 Å². The lowest BCUT2D eigenvalue weighted by atomic mass is 9.72. The first-order valence-electron chi connectivity index (χ1n) is 5.92. The Hall–Kier alpha value is -0.630. The van der Waals surface area contributed by atoms with Gasteiger partial charge >= 0.3 is 0 Å². The Balaban J connectivity index is 2.52. The highest BCUT2D eigenvalue weighted by atomic mass is 16.3. The van der Waals surface area contributed by atoms with Crippen LogP contribution < -0.4 is 0 Å². The predicted molar refractivity (Wildman–Crippen MR) is 61.6 cm³/mol. The molecule has 2 nitrogen and oxygen atoms in total. The van der Waals surface area contributed by atoms with Gasteiger partial charge in [-0.25, -0.2) is 0 Å². The molecule has 0 spiro atoms. The molecular formula is C13H22O2. The van der Waals surface area contributed by atoms with E-state index in [-0.39, 0.29) is 0 Å². The van der Waals surface area contributed by atoms with Gasteiger partial charge in [0.05, 0.1) is 11.5 Å². The summed E-state index contributed by atoms with van der Waals surface area (Å²) in [4.78, 5) is 11.2. The zero-order valence-corrected chi connectivity index (χ0v) is 9.78. The van der Waals surface area contributed by atoms with Crippen molar-refractivity contribution in [2.75, 3.05) is 0 Å².